The molecule has 7 nitrogen and oxygen atoms in total. The summed E-state index contributed by atoms with van der Waals surface area (Å²) in [6.07, 6.45) is 2.28. The maximum atomic E-state index is 13.0. The second-order valence-electron chi connectivity index (χ2n) is 6.96. The van der Waals surface area contributed by atoms with E-state index >= 15 is 0 Å². The first kappa shape index (κ1) is 19.9. The van der Waals surface area contributed by atoms with Crippen molar-refractivity contribution in [3.05, 3.63) is 99.6 Å². The molecule has 1 heterocycles. The van der Waals surface area contributed by atoms with Crippen molar-refractivity contribution in [2.75, 3.05) is 6.54 Å². The summed E-state index contributed by atoms with van der Waals surface area (Å²) in [6.45, 7) is 0.831. The third-order valence-corrected chi connectivity index (χ3v) is 6.90. The molecule has 0 spiro atoms. The largest absolute Gasteiger partial charge is 0.269 e. The molecule has 0 fully saturated rings. The molecule has 0 amide bonds. The second-order valence-corrected chi connectivity index (χ2v) is 8.90. The zero-order chi connectivity index (χ0) is 21.1. The van der Waals surface area contributed by atoms with Gasteiger partial charge in [-0.2, -0.15) is 4.31 Å². The molecule has 3 aromatic rings. The van der Waals surface area contributed by atoms with Crippen molar-refractivity contribution in [1.82, 2.24) is 4.31 Å². The molecule has 0 aromatic heterocycles. The van der Waals surface area contributed by atoms with E-state index in [0.717, 1.165) is 5.56 Å². The monoisotopic (exact) mass is 421 g/mol. The fourth-order valence-electron chi connectivity index (χ4n) is 3.36. The number of hydrogen-bond donors (Lipinski definition) is 0. The van der Waals surface area contributed by atoms with Gasteiger partial charge in [0, 0.05) is 31.4 Å². The Labute approximate surface area is 174 Å². The highest BCUT2D eigenvalue weighted by molar-refractivity contribution is 7.89. The second kappa shape index (κ2) is 8.17. The van der Waals surface area contributed by atoms with Crippen LogP contribution in [0, 0.1) is 10.1 Å². The number of benzene rings is 3. The molecular weight excluding hydrogens is 402 g/mol. The topological polar surface area (TPSA) is 92.9 Å². The van der Waals surface area contributed by atoms with Crippen LogP contribution in [0.3, 0.4) is 0 Å². The number of aliphatic imine (C=N–C) groups is 1. The zero-order valence-electron chi connectivity index (χ0n) is 16.0. The van der Waals surface area contributed by atoms with Gasteiger partial charge in [0.2, 0.25) is 10.0 Å². The third kappa shape index (κ3) is 4.14. The maximum absolute atomic E-state index is 13.0. The zero-order valence-corrected chi connectivity index (χ0v) is 16.8. The van der Waals surface area contributed by atoms with Gasteiger partial charge in [-0.15, -0.1) is 0 Å². The fraction of sp³-hybridized carbons (Fsp3) is 0.136. The first-order valence-corrected chi connectivity index (χ1v) is 10.8. The van der Waals surface area contributed by atoms with Gasteiger partial charge in [-0.05, 0) is 59.5 Å². The summed E-state index contributed by atoms with van der Waals surface area (Å²) in [5.74, 6) is 0. The van der Waals surface area contributed by atoms with Crippen LogP contribution in [0.15, 0.2) is 82.7 Å². The fourth-order valence-corrected chi connectivity index (χ4v) is 4.78. The van der Waals surface area contributed by atoms with Gasteiger partial charge < -0.3 is 0 Å². The van der Waals surface area contributed by atoms with Crippen molar-refractivity contribution in [2.24, 2.45) is 4.99 Å². The van der Waals surface area contributed by atoms with Gasteiger partial charge in [-0.3, -0.25) is 15.1 Å². The van der Waals surface area contributed by atoms with E-state index in [-0.39, 0.29) is 10.6 Å². The van der Waals surface area contributed by atoms with Crippen LogP contribution in [-0.4, -0.2) is 30.4 Å². The molecule has 1 aliphatic rings. The number of hydrogen-bond acceptors (Lipinski definition) is 5. The molecule has 0 unspecified atom stereocenters. The van der Waals surface area contributed by atoms with Crippen molar-refractivity contribution in [3.8, 4) is 0 Å². The Bertz CT molecular complexity index is 1200. The maximum Gasteiger partial charge on any atom is 0.269 e. The van der Waals surface area contributed by atoms with E-state index in [9.17, 15) is 18.5 Å². The lowest BCUT2D eigenvalue weighted by molar-refractivity contribution is -0.384. The average Bonchev–Trinajstić information content (AvgIpc) is 2.78. The molecule has 30 heavy (non-hydrogen) atoms. The standard InChI is InChI=1S/C22H19N3O4S/c26-25(27)21-9-5-17(6-10-21)15-23-20-7-11-22(12-8-20)30(28,29)24-14-13-18-3-1-2-4-19(18)16-24/h1-12,15H,13-14,16H2. The van der Waals surface area contributed by atoms with Gasteiger partial charge in [-0.1, -0.05) is 24.3 Å². The van der Waals surface area contributed by atoms with Crippen molar-refractivity contribution in [1.29, 1.82) is 0 Å². The lowest BCUT2D eigenvalue weighted by atomic mass is 10.0. The number of nitrogens with zero attached hydrogens (tertiary/aromatic N) is 3. The van der Waals surface area contributed by atoms with E-state index in [1.165, 1.54) is 22.0 Å². The van der Waals surface area contributed by atoms with Crippen LogP contribution in [0.5, 0.6) is 0 Å². The quantitative estimate of drug-likeness (QED) is 0.352. The minimum absolute atomic E-state index is 0.0158. The predicted octanol–water partition coefficient (Wildman–Crippen LogP) is 4.09. The third-order valence-electron chi connectivity index (χ3n) is 5.04. The molecule has 4 rings (SSSR count). The van der Waals surface area contributed by atoms with Crippen molar-refractivity contribution >= 4 is 27.6 Å². The van der Waals surface area contributed by atoms with Crippen molar-refractivity contribution in [3.63, 3.8) is 0 Å². The molecule has 0 N–H and O–H groups in total. The van der Waals surface area contributed by atoms with E-state index < -0.39 is 14.9 Å². The first-order chi connectivity index (χ1) is 14.4. The highest BCUT2D eigenvalue weighted by Crippen LogP contribution is 2.26. The molecule has 1 aliphatic heterocycles. The summed E-state index contributed by atoms with van der Waals surface area (Å²) < 4.78 is 27.5. The Morgan fingerprint density at radius 3 is 2.27 bits per heavy atom. The molecule has 0 bridgehead atoms. The Kier molecular flexibility index (Phi) is 5.43. The lowest BCUT2D eigenvalue weighted by Gasteiger charge is -2.28. The molecule has 0 atom stereocenters. The number of sulfonamides is 1. The highest BCUT2D eigenvalue weighted by Gasteiger charge is 2.28. The van der Waals surface area contributed by atoms with Gasteiger partial charge in [0.1, 0.15) is 0 Å². The van der Waals surface area contributed by atoms with Gasteiger partial charge in [-0.25, -0.2) is 8.42 Å². The molecule has 8 heteroatoms. The minimum Gasteiger partial charge on any atom is -0.258 e. The van der Waals surface area contributed by atoms with Crippen LogP contribution in [0.1, 0.15) is 16.7 Å². The average molecular weight is 421 g/mol. The molecule has 0 saturated carbocycles. The van der Waals surface area contributed by atoms with Crippen LogP contribution in [0.25, 0.3) is 0 Å². The molecule has 152 valence electrons. The SMILES string of the molecule is O=[N+]([O-])c1ccc(C=Nc2ccc(S(=O)(=O)N3CCc4ccccc4C3)cc2)cc1. The van der Waals surface area contributed by atoms with E-state index in [4.69, 9.17) is 0 Å². The van der Waals surface area contributed by atoms with E-state index in [0.29, 0.717) is 30.8 Å². The summed E-state index contributed by atoms with van der Waals surface area (Å²) in [4.78, 5) is 14.8. The molecule has 0 aliphatic carbocycles. The minimum atomic E-state index is -3.58. The van der Waals surface area contributed by atoms with Crippen molar-refractivity contribution < 1.29 is 13.3 Å². The summed E-state index contributed by atoms with van der Waals surface area (Å²) in [5.41, 5.74) is 3.55. The Balaban J connectivity index is 1.48. The molecule has 0 saturated heterocycles. The Morgan fingerprint density at radius 1 is 0.933 bits per heavy atom. The summed E-state index contributed by atoms with van der Waals surface area (Å²) in [7, 11) is -3.58. The summed E-state index contributed by atoms with van der Waals surface area (Å²) >= 11 is 0. The lowest BCUT2D eigenvalue weighted by Crippen LogP contribution is -2.35. The molecule has 3 aromatic carbocycles. The molecule has 0 radical (unpaired) electrons. The van der Waals surface area contributed by atoms with Crippen LogP contribution in [-0.2, 0) is 23.0 Å². The summed E-state index contributed by atoms with van der Waals surface area (Å²) in [6, 6.07) is 20.3. The number of non-ortho nitro benzene ring substituents is 1. The predicted molar refractivity (Wildman–Crippen MR) is 115 cm³/mol. The van der Waals surface area contributed by atoms with E-state index in [2.05, 4.69) is 4.99 Å². The smallest absolute Gasteiger partial charge is 0.258 e. The normalized spacial score (nSPS) is 14.5. The van der Waals surface area contributed by atoms with Crippen LogP contribution in [0.4, 0.5) is 11.4 Å². The van der Waals surface area contributed by atoms with Crippen LogP contribution >= 0.6 is 0 Å². The Morgan fingerprint density at radius 2 is 1.60 bits per heavy atom. The molecular formula is C22H19N3O4S. The number of rotatable bonds is 5. The van der Waals surface area contributed by atoms with Gasteiger partial charge in [0.05, 0.1) is 15.5 Å². The Hall–Kier alpha value is -3.36. The van der Waals surface area contributed by atoms with Crippen molar-refractivity contribution in [2.45, 2.75) is 17.9 Å². The van der Waals surface area contributed by atoms with Gasteiger partial charge >= 0.3 is 0 Å². The first-order valence-electron chi connectivity index (χ1n) is 9.39. The number of nitro groups is 1. The number of nitro benzene ring substituents is 1. The summed E-state index contributed by atoms with van der Waals surface area (Å²) in [5, 5.41) is 10.7. The van der Waals surface area contributed by atoms with Crippen LogP contribution in [0.2, 0.25) is 0 Å². The van der Waals surface area contributed by atoms with E-state index in [1.807, 2.05) is 24.3 Å². The van der Waals surface area contributed by atoms with Crippen LogP contribution < -0.4 is 0 Å². The highest BCUT2D eigenvalue weighted by atomic mass is 32.2. The van der Waals surface area contributed by atoms with Gasteiger partial charge in [0.15, 0.2) is 0 Å². The van der Waals surface area contributed by atoms with Gasteiger partial charge in [0.25, 0.3) is 5.69 Å². The van der Waals surface area contributed by atoms with E-state index in [1.54, 1.807) is 42.6 Å². The number of fused-ring (bicyclic) bond motifs is 1.